The first-order chi connectivity index (χ1) is 8.97. The highest BCUT2D eigenvalue weighted by Crippen LogP contribution is 2.15. The Hall–Kier alpha value is -1.30. The van der Waals surface area contributed by atoms with Gasteiger partial charge in [-0.05, 0) is 24.3 Å². The predicted octanol–water partition coefficient (Wildman–Crippen LogP) is 1.80. The molecule has 0 unspecified atom stereocenters. The Morgan fingerprint density at radius 1 is 1.30 bits per heavy atom. The zero-order chi connectivity index (χ0) is 14.3. The molecule has 0 aliphatic carbocycles. The number of aliphatic hydroxyl groups is 1. The average Bonchev–Trinajstić information content (AvgIpc) is 2.35. The van der Waals surface area contributed by atoms with E-state index in [2.05, 4.69) is 10.6 Å². The van der Waals surface area contributed by atoms with Crippen LogP contribution in [0.1, 0.15) is 20.8 Å². The first-order valence-corrected chi connectivity index (χ1v) is 6.39. The van der Waals surface area contributed by atoms with Crippen LogP contribution in [-0.4, -0.2) is 36.3 Å². The van der Waals surface area contributed by atoms with Crippen molar-refractivity contribution >= 4 is 24.0 Å². The summed E-state index contributed by atoms with van der Waals surface area (Å²) in [6, 6.07) is 7.37. The SMILES string of the molecule is CC(=O)Nc1ccc(OC[C@H](O)CNC(C)C)cc1.Cl. The third-order valence-corrected chi connectivity index (χ3v) is 2.38. The molecule has 0 radical (unpaired) electrons. The number of carbonyl (C=O) groups excluding carboxylic acids is 1. The van der Waals surface area contributed by atoms with Crippen LogP contribution in [0, 0.1) is 0 Å². The fraction of sp³-hybridized carbons (Fsp3) is 0.500. The molecule has 0 heterocycles. The van der Waals surface area contributed by atoms with Crippen LogP contribution < -0.4 is 15.4 Å². The number of halogens is 1. The molecule has 20 heavy (non-hydrogen) atoms. The predicted molar refractivity (Wildman–Crippen MR) is 82.6 cm³/mol. The van der Waals surface area contributed by atoms with Crippen LogP contribution in [0.2, 0.25) is 0 Å². The zero-order valence-electron chi connectivity index (χ0n) is 12.1. The quantitative estimate of drug-likeness (QED) is 0.718. The molecule has 1 aromatic carbocycles. The fourth-order valence-corrected chi connectivity index (χ4v) is 1.46. The summed E-state index contributed by atoms with van der Waals surface area (Å²) in [5.41, 5.74) is 0.724. The second-order valence-electron chi connectivity index (χ2n) is 4.73. The van der Waals surface area contributed by atoms with Crippen molar-refractivity contribution in [3.63, 3.8) is 0 Å². The van der Waals surface area contributed by atoms with Gasteiger partial charge < -0.3 is 20.5 Å². The fourth-order valence-electron chi connectivity index (χ4n) is 1.46. The van der Waals surface area contributed by atoms with E-state index in [0.717, 1.165) is 5.69 Å². The van der Waals surface area contributed by atoms with E-state index in [4.69, 9.17) is 4.74 Å². The van der Waals surface area contributed by atoms with Crippen LogP contribution in [0.4, 0.5) is 5.69 Å². The lowest BCUT2D eigenvalue weighted by atomic mass is 10.3. The van der Waals surface area contributed by atoms with Gasteiger partial charge in [-0.15, -0.1) is 12.4 Å². The Morgan fingerprint density at radius 2 is 1.90 bits per heavy atom. The number of benzene rings is 1. The number of anilines is 1. The molecule has 1 atom stereocenters. The van der Waals surface area contributed by atoms with Gasteiger partial charge in [0.2, 0.25) is 5.91 Å². The molecule has 0 aliphatic heterocycles. The Labute approximate surface area is 126 Å². The van der Waals surface area contributed by atoms with E-state index in [1.165, 1.54) is 6.92 Å². The van der Waals surface area contributed by atoms with Gasteiger partial charge in [0.15, 0.2) is 0 Å². The maximum absolute atomic E-state index is 10.9. The number of amides is 1. The van der Waals surface area contributed by atoms with Gasteiger partial charge in [0, 0.05) is 25.2 Å². The molecule has 0 aliphatic rings. The summed E-state index contributed by atoms with van der Waals surface area (Å²) in [5.74, 6) is 0.557. The zero-order valence-corrected chi connectivity index (χ0v) is 12.9. The van der Waals surface area contributed by atoms with E-state index < -0.39 is 6.10 Å². The molecule has 1 rings (SSSR count). The van der Waals surface area contributed by atoms with E-state index in [1.54, 1.807) is 24.3 Å². The van der Waals surface area contributed by atoms with Crippen LogP contribution in [0.25, 0.3) is 0 Å². The first-order valence-electron chi connectivity index (χ1n) is 6.39. The van der Waals surface area contributed by atoms with E-state index in [9.17, 15) is 9.90 Å². The normalized spacial score (nSPS) is 11.7. The van der Waals surface area contributed by atoms with Crippen molar-refractivity contribution < 1.29 is 14.6 Å². The average molecular weight is 303 g/mol. The second kappa shape index (κ2) is 9.58. The third-order valence-electron chi connectivity index (χ3n) is 2.38. The molecule has 0 saturated heterocycles. The number of rotatable bonds is 7. The van der Waals surface area contributed by atoms with Crippen molar-refractivity contribution in [3.8, 4) is 5.75 Å². The molecular formula is C14H23ClN2O3. The Bertz CT molecular complexity index is 396. The first kappa shape index (κ1) is 18.7. The standard InChI is InChI=1S/C14H22N2O3.ClH/c1-10(2)15-8-13(18)9-19-14-6-4-12(5-7-14)16-11(3)17;/h4-7,10,13,15,18H,8-9H2,1-3H3,(H,16,17);1H/t13-;/m1./s1. The molecule has 1 amide bonds. The lowest BCUT2D eigenvalue weighted by Gasteiger charge is -2.15. The number of hydrogen-bond acceptors (Lipinski definition) is 4. The summed E-state index contributed by atoms with van der Waals surface area (Å²) in [5, 5.41) is 15.5. The lowest BCUT2D eigenvalue weighted by Crippen LogP contribution is -2.35. The van der Waals surface area contributed by atoms with Crippen LogP contribution >= 0.6 is 12.4 Å². The number of carbonyl (C=O) groups is 1. The molecule has 0 saturated carbocycles. The highest BCUT2D eigenvalue weighted by molar-refractivity contribution is 5.88. The lowest BCUT2D eigenvalue weighted by molar-refractivity contribution is -0.114. The van der Waals surface area contributed by atoms with Crippen molar-refractivity contribution in [3.05, 3.63) is 24.3 Å². The largest absolute Gasteiger partial charge is 0.491 e. The van der Waals surface area contributed by atoms with Gasteiger partial charge >= 0.3 is 0 Å². The number of hydrogen-bond donors (Lipinski definition) is 3. The molecule has 0 aromatic heterocycles. The summed E-state index contributed by atoms with van der Waals surface area (Å²) in [6.45, 7) is 6.24. The summed E-state index contributed by atoms with van der Waals surface area (Å²) in [6.07, 6.45) is -0.544. The molecule has 0 fully saturated rings. The number of nitrogens with one attached hydrogen (secondary N) is 2. The highest BCUT2D eigenvalue weighted by Gasteiger charge is 2.06. The molecule has 114 valence electrons. The molecular weight excluding hydrogens is 280 g/mol. The maximum Gasteiger partial charge on any atom is 0.221 e. The van der Waals surface area contributed by atoms with Crippen molar-refractivity contribution in [2.45, 2.75) is 32.9 Å². The van der Waals surface area contributed by atoms with E-state index in [-0.39, 0.29) is 24.9 Å². The van der Waals surface area contributed by atoms with Crippen molar-refractivity contribution in [1.29, 1.82) is 0 Å². The summed E-state index contributed by atoms with van der Waals surface area (Å²) in [4.78, 5) is 10.9. The Morgan fingerprint density at radius 3 is 2.40 bits per heavy atom. The van der Waals surface area contributed by atoms with Crippen LogP contribution in [0.15, 0.2) is 24.3 Å². The van der Waals surface area contributed by atoms with E-state index >= 15 is 0 Å². The van der Waals surface area contributed by atoms with Gasteiger partial charge in [-0.25, -0.2) is 0 Å². The summed E-state index contributed by atoms with van der Waals surface area (Å²) in [7, 11) is 0. The second-order valence-corrected chi connectivity index (χ2v) is 4.73. The minimum Gasteiger partial charge on any atom is -0.491 e. The van der Waals surface area contributed by atoms with E-state index in [0.29, 0.717) is 18.3 Å². The van der Waals surface area contributed by atoms with Crippen LogP contribution in [0.3, 0.4) is 0 Å². The maximum atomic E-state index is 10.9. The smallest absolute Gasteiger partial charge is 0.221 e. The number of aliphatic hydroxyl groups excluding tert-OH is 1. The monoisotopic (exact) mass is 302 g/mol. The summed E-state index contributed by atoms with van der Waals surface area (Å²) < 4.78 is 5.46. The molecule has 1 aromatic rings. The van der Waals surface area contributed by atoms with Gasteiger partial charge in [-0.3, -0.25) is 4.79 Å². The van der Waals surface area contributed by atoms with Gasteiger partial charge in [-0.1, -0.05) is 13.8 Å². The molecule has 3 N–H and O–H groups in total. The van der Waals surface area contributed by atoms with Gasteiger partial charge in [-0.2, -0.15) is 0 Å². The van der Waals surface area contributed by atoms with Crippen LogP contribution in [0.5, 0.6) is 5.75 Å². The van der Waals surface area contributed by atoms with Crippen LogP contribution in [-0.2, 0) is 4.79 Å². The Balaban J connectivity index is 0.00000361. The Kier molecular flexibility index (Phi) is 8.96. The molecule has 0 bridgehead atoms. The highest BCUT2D eigenvalue weighted by atomic mass is 35.5. The molecule has 6 heteroatoms. The van der Waals surface area contributed by atoms with Gasteiger partial charge in [0.25, 0.3) is 0 Å². The topological polar surface area (TPSA) is 70.6 Å². The van der Waals surface area contributed by atoms with Crippen molar-refractivity contribution in [2.75, 3.05) is 18.5 Å². The van der Waals surface area contributed by atoms with Gasteiger partial charge in [0.1, 0.15) is 18.5 Å². The van der Waals surface area contributed by atoms with Gasteiger partial charge in [0.05, 0.1) is 0 Å². The minimum atomic E-state index is -0.544. The van der Waals surface area contributed by atoms with Crippen molar-refractivity contribution in [2.24, 2.45) is 0 Å². The van der Waals surface area contributed by atoms with Crippen molar-refractivity contribution in [1.82, 2.24) is 5.32 Å². The third kappa shape index (κ3) is 7.99. The summed E-state index contributed by atoms with van der Waals surface area (Å²) >= 11 is 0. The molecule has 0 spiro atoms. The minimum absolute atomic E-state index is 0. The number of ether oxygens (including phenoxy) is 1. The van der Waals surface area contributed by atoms with E-state index in [1.807, 2.05) is 13.8 Å². The molecule has 5 nitrogen and oxygen atoms in total.